The van der Waals surface area contributed by atoms with Gasteiger partial charge in [0.1, 0.15) is 0 Å². The summed E-state index contributed by atoms with van der Waals surface area (Å²) in [5.41, 5.74) is 0.333. The summed E-state index contributed by atoms with van der Waals surface area (Å²) in [5.74, 6) is -1.34. The first-order chi connectivity index (χ1) is 9.47. The molecule has 1 aliphatic heterocycles. The number of rotatable bonds is 3. The molecular formula is C15H21FN2O2. The zero-order valence-electron chi connectivity index (χ0n) is 11.9. The molecule has 5 heteroatoms. The summed E-state index contributed by atoms with van der Waals surface area (Å²) in [5, 5.41) is 12.8. The summed E-state index contributed by atoms with van der Waals surface area (Å²) in [6.45, 7) is 5.58. The number of phenolic OH excluding ortho intramolecular Hbond substituents is 1. The fraction of sp³-hybridized carbons (Fsp3) is 0.533. The molecule has 1 heterocycles. The van der Waals surface area contributed by atoms with E-state index in [9.17, 15) is 14.3 Å². The van der Waals surface area contributed by atoms with Crippen LogP contribution >= 0.6 is 0 Å². The molecule has 2 rings (SSSR count). The topological polar surface area (TPSA) is 52.6 Å². The number of halogens is 1. The predicted octanol–water partition coefficient (Wildman–Crippen LogP) is 2.13. The molecule has 0 aliphatic carbocycles. The monoisotopic (exact) mass is 280 g/mol. The molecule has 0 unspecified atom stereocenters. The number of benzene rings is 1. The van der Waals surface area contributed by atoms with E-state index in [0.717, 1.165) is 18.9 Å². The van der Waals surface area contributed by atoms with Gasteiger partial charge in [-0.3, -0.25) is 4.79 Å². The minimum Gasteiger partial charge on any atom is -0.505 e. The van der Waals surface area contributed by atoms with E-state index < -0.39 is 11.6 Å². The van der Waals surface area contributed by atoms with E-state index in [0.29, 0.717) is 30.7 Å². The predicted molar refractivity (Wildman–Crippen MR) is 75.3 cm³/mol. The molecule has 1 amide bonds. The summed E-state index contributed by atoms with van der Waals surface area (Å²) < 4.78 is 13.0. The number of amides is 1. The average molecular weight is 280 g/mol. The van der Waals surface area contributed by atoms with Crippen LogP contribution in [0.15, 0.2) is 18.2 Å². The van der Waals surface area contributed by atoms with Gasteiger partial charge in [-0.1, -0.05) is 13.8 Å². The molecule has 0 radical (unpaired) electrons. The van der Waals surface area contributed by atoms with Gasteiger partial charge in [-0.2, -0.15) is 0 Å². The van der Waals surface area contributed by atoms with Crippen molar-refractivity contribution in [2.45, 2.75) is 38.8 Å². The smallest absolute Gasteiger partial charge is 0.253 e. The van der Waals surface area contributed by atoms with Gasteiger partial charge < -0.3 is 15.3 Å². The molecule has 1 aliphatic rings. The Labute approximate surface area is 118 Å². The molecule has 0 aromatic heterocycles. The highest BCUT2D eigenvalue weighted by Crippen LogP contribution is 2.20. The number of carbonyl (C=O) groups excluding carboxylic acids is 1. The van der Waals surface area contributed by atoms with Gasteiger partial charge in [0.25, 0.3) is 5.91 Å². The van der Waals surface area contributed by atoms with Crippen molar-refractivity contribution in [1.82, 2.24) is 10.2 Å². The lowest BCUT2D eigenvalue weighted by Gasteiger charge is -2.33. The Balaban J connectivity index is 1.96. The molecule has 2 N–H and O–H groups in total. The van der Waals surface area contributed by atoms with Crippen LogP contribution in [0, 0.1) is 5.82 Å². The Morgan fingerprint density at radius 1 is 1.40 bits per heavy atom. The molecule has 110 valence electrons. The van der Waals surface area contributed by atoms with E-state index in [1.807, 2.05) is 0 Å². The lowest BCUT2D eigenvalue weighted by molar-refractivity contribution is 0.0702. The fourth-order valence-corrected chi connectivity index (χ4v) is 2.55. The second-order valence-electron chi connectivity index (χ2n) is 5.55. The van der Waals surface area contributed by atoms with Gasteiger partial charge in [0.2, 0.25) is 0 Å². The highest BCUT2D eigenvalue weighted by Gasteiger charge is 2.24. The molecule has 20 heavy (non-hydrogen) atoms. The van der Waals surface area contributed by atoms with Crippen molar-refractivity contribution in [1.29, 1.82) is 0 Å². The molecule has 0 spiro atoms. The number of hydrogen-bond acceptors (Lipinski definition) is 3. The molecule has 1 saturated heterocycles. The van der Waals surface area contributed by atoms with Crippen molar-refractivity contribution >= 4 is 5.91 Å². The lowest BCUT2D eigenvalue weighted by atomic mass is 10.0. The van der Waals surface area contributed by atoms with Gasteiger partial charge in [0.15, 0.2) is 11.6 Å². The molecule has 0 atom stereocenters. The van der Waals surface area contributed by atoms with Gasteiger partial charge >= 0.3 is 0 Å². The van der Waals surface area contributed by atoms with Crippen LogP contribution in [0.4, 0.5) is 4.39 Å². The highest BCUT2D eigenvalue weighted by atomic mass is 19.1. The molecule has 1 fully saturated rings. The standard InChI is InChI=1S/C15H21FN2O2/c1-10(2)17-12-5-7-18(8-6-12)15(20)11-3-4-13(16)14(19)9-11/h3-4,9-10,12,17,19H,5-8H2,1-2H3. The average Bonchev–Trinajstić information content (AvgIpc) is 2.41. The number of hydrogen-bond donors (Lipinski definition) is 2. The number of carbonyl (C=O) groups is 1. The lowest BCUT2D eigenvalue weighted by Crippen LogP contribution is -2.46. The molecule has 4 nitrogen and oxygen atoms in total. The maximum Gasteiger partial charge on any atom is 0.253 e. The fourth-order valence-electron chi connectivity index (χ4n) is 2.55. The van der Waals surface area contributed by atoms with Gasteiger partial charge in [-0.15, -0.1) is 0 Å². The van der Waals surface area contributed by atoms with Crippen LogP contribution in [0.2, 0.25) is 0 Å². The molecule has 0 bridgehead atoms. The van der Waals surface area contributed by atoms with Crippen LogP contribution in [-0.4, -0.2) is 41.1 Å². The molecule has 0 saturated carbocycles. The third-order valence-electron chi connectivity index (χ3n) is 3.54. The van der Waals surface area contributed by atoms with E-state index in [1.165, 1.54) is 12.1 Å². The van der Waals surface area contributed by atoms with Crippen LogP contribution in [0.5, 0.6) is 5.75 Å². The third kappa shape index (κ3) is 3.48. The van der Waals surface area contributed by atoms with Crippen molar-refractivity contribution in [2.24, 2.45) is 0 Å². The van der Waals surface area contributed by atoms with Gasteiger partial charge in [0.05, 0.1) is 0 Å². The first-order valence-electron chi connectivity index (χ1n) is 7.01. The molecule has 1 aromatic carbocycles. The quantitative estimate of drug-likeness (QED) is 0.892. The van der Waals surface area contributed by atoms with Crippen LogP contribution < -0.4 is 5.32 Å². The maximum absolute atomic E-state index is 13.0. The van der Waals surface area contributed by atoms with Gasteiger partial charge in [-0.25, -0.2) is 4.39 Å². The maximum atomic E-state index is 13.0. The van der Waals surface area contributed by atoms with Crippen molar-refractivity contribution in [3.8, 4) is 5.75 Å². The molecule has 1 aromatic rings. The second kappa shape index (κ2) is 6.22. The van der Waals surface area contributed by atoms with Crippen molar-refractivity contribution in [3.63, 3.8) is 0 Å². The van der Waals surface area contributed by atoms with Crippen LogP contribution in [-0.2, 0) is 0 Å². The SMILES string of the molecule is CC(C)NC1CCN(C(=O)c2ccc(F)c(O)c2)CC1. The van der Waals surface area contributed by atoms with Gasteiger partial charge in [0, 0.05) is 30.7 Å². The number of aromatic hydroxyl groups is 1. The Kier molecular flexibility index (Phi) is 4.60. The summed E-state index contributed by atoms with van der Waals surface area (Å²) in [4.78, 5) is 14.0. The molecular weight excluding hydrogens is 259 g/mol. The minimum atomic E-state index is -0.707. The normalized spacial score (nSPS) is 16.7. The number of nitrogens with zero attached hydrogens (tertiary/aromatic N) is 1. The Morgan fingerprint density at radius 3 is 2.60 bits per heavy atom. The minimum absolute atomic E-state index is 0.150. The van der Waals surface area contributed by atoms with Crippen LogP contribution in [0.25, 0.3) is 0 Å². The van der Waals surface area contributed by atoms with E-state index in [1.54, 1.807) is 4.90 Å². The van der Waals surface area contributed by atoms with Crippen LogP contribution in [0.1, 0.15) is 37.0 Å². The number of nitrogens with one attached hydrogen (secondary N) is 1. The highest BCUT2D eigenvalue weighted by molar-refractivity contribution is 5.94. The Bertz CT molecular complexity index is 483. The number of likely N-dealkylation sites (tertiary alicyclic amines) is 1. The largest absolute Gasteiger partial charge is 0.505 e. The Morgan fingerprint density at radius 2 is 2.05 bits per heavy atom. The first kappa shape index (κ1) is 14.8. The zero-order chi connectivity index (χ0) is 14.7. The van der Waals surface area contributed by atoms with E-state index in [4.69, 9.17) is 0 Å². The zero-order valence-corrected chi connectivity index (χ0v) is 11.9. The van der Waals surface area contributed by atoms with E-state index in [-0.39, 0.29) is 5.91 Å². The van der Waals surface area contributed by atoms with E-state index in [2.05, 4.69) is 19.2 Å². The van der Waals surface area contributed by atoms with Gasteiger partial charge in [-0.05, 0) is 31.0 Å². The summed E-state index contributed by atoms with van der Waals surface area (Å²) in [7, 11) is 0. The Hall–Kier alpha value is -1.62. The summed E-state index contributed by atoms with van der Waals surface area (Å²) in [6, 6.07) is 4.61. The summed E-state index contributed by atoms with van der Waals surface area (Å²) >= 11 is 0. The van der Waals surface area contributed by atoms with Crippen LogP contribution in [0.3, 0.4) is 0 Å². The third-order valence-corrected chi connectivity index (χ3v) is 3.54. The van der Waals surface area contributed by atoms with Crippen molar-refractivity contribution in [2.75, 3.05) is 13.1 Å². The number of piperidine rings is 1. The second-order valence-corrected chi connectivity index (χ2v) is 5.55. The van der Waals surface area contributed by atoms with Crippen molar-refractivity contribution in [3.05, 3.63) is 29.6 Å². The van der Waals surface area contributed by atoms with E-state index >= 15 is 0 Å². The number of phenols is 1. The first-order valence-corrected chi connectivity index (χ1v) is 7.01. The van der Waals surface area contributed by atoms with Crippen molar-refractivity contribution < 1.29 is 14.3 Å². The summed E-state index contributed by atoms with van der Waals surface area (Å²) in [6.07, 6.45) is 1.83.